The summed E-state index contributed by atoms with van der Waals surface area (Å²) in [6, 6.07) is 5.14. The second-order valence-corrected chi connectivity index (χ2v) is 9.10. The number of amides is 1. The maximum Gasteiger partial charge on any atom is 0.263 e. The number of halogens is 1. The predicted octanol–water partition coefficient (Wildman–Crippen LogP) is 2.41. The number of thiophene rings is 1. The lowest BCUT2D eigenvalue weighted by Gasteiger charge is -2.12. The van der Waals surface area contributed by atoms with Crippen LogP contribution in [0.3, 0.4) is 0 Å². The highest BCUT2D eigenvalue weighted by Crippen LogP contribution is 2.35. The van der Waals surface area contributed by atoms with Crippen LogP contribution in [-0.2, 0) is 9.84 Å². The van der Waals surface area contributed by atoms with Gasteiger partial charge in [0, 0.05) is 26.9 Å². The maximum atomic E-state index is 12.2. The van der Waals surface area contributed by atoms with Gasteiger partial charge in [-0.05, 0) is 19.1 Å². The topological polar surface area (TPSA) is 89.3 Å². The Kier molecular flexibility index (Phi) is 4.60. The minimum atomic E-state index is -3.14. The van der Waals surface area contributed by atoms with Crippen LogP contribution in [0.1, 0.15) is 16.6 Å². The van der Waals surface area contributed by atoms with E-state index in [1.54, 1.807) is 6.92 Å². The minimum absolute atomic E-state index is 0.102. The highest BCUT2D eigenvalue weighted by Gasteiger charge is 2.19. The molecule has 0 spiro atoms. The molecule has 8 heteroatoms. The van der Waals surface area contributed by atoms with Gasteiger partial charge < -0.3 is 11.1 Å². The number of carbonyl (C=O) groups is 1. The summed E-state index contributed by atoms with van der Waals surface area (Å²) in [5.41, 5.74) is 6.43. The number of rotatable bonds is 4. The molecule has 2 rings (SSSR count). The predicted molar refractivity (Wildman–Crippen MR) is 90.6 cm³/mol. The van der Waals surface area contributed by atoms with Crippen LogP contribution < -0.4 is 11.1 Å². The molecule has 0 aliphatic carbocycles. The van der Waals surface area contributed by atoms with Gasteiger partial charge in [0.15, 0.2) is 0 Å². The van der Waals surface area contributed by atoms with Crippen molar-refractivity contribution in [2.75, 3.05) is 17.7 Å². The Hall–Kier alpha value is -1.12. The molecule has 21 heavy (non-hydrogen) atoms. The zero-order valence-corrected chi connectivity index (χ0v) is 14.7. The van der Waals surface area contributed by atoms with Crippen molar-refractivity contribution >= 4 is 58.8 Å². The highest BCUT2D eigenvalue weighted by atomic mass is 79.9. The fourth-order valence-corrected chi connectivity index (χ4v) is 4.61. The van der Waals surface area contributed by atoms with E-state index in [1.165, 1.54) is 11.3 Å². The quantitative estimate of drug-likeness (QED) is 0.838. The van der Waals surface area contributed by atoms with Crippen molar-refractivity contribution in [2.45, 2.75) is 13.0 Å². The number of sulfone groups is 1. The first-order valence-electron chi connectivity index (χ1n) is 6.13. The molecule has 1 atom stereocenters. The first-order valence-corrected chi connectivity index (χ1v) is 9.80. The highest BCUT2D eigenvalue weighted by molar-refractivity contribution is 9.10. The smallest absolute Gasteiger partial charge is 0.263 e. The Labute approximate surface area is 135 Å². The zero-order chi connectivity index (χ0) is 15.8. The van der Waals surface area contributed by atoms with Gasteiger partial charge in [0.05, 0.1) is 11.4 Å². The van der Waals surface area contributed by atoms with E-state index in [0.29, 0.717) is 10.6 Å². The molecule has 1 unspecified atom stereocenters. The van der Waals surface area contributed by atoms with Gasteiger partial charge in [0.2, 0.25) is 0 Å². The SMILES string of the molecule is CC(CS(C)(=O)=O)NC(=O)c1sc2cc(Br)ccc2c1N. The van der Waals surface area contributed by atoms with E-state index < -0.39 is 15.9 Å². The summed E-state index contributed by atoms with van der Waals surface area (Å²) >= 11 is 4.66. The number of hydrogen-bond acceptors (Lipinski definition) is 5. The van der Waals surface area contributed by atoms with E-state index in [0.717, 1.165) is 20.8 Å². The Balaban J connectivity index is 2.25. The summed E-state index contributed by atoms with van der Waals surface area (Å²) in [5.74, 6) is -0.448. The number of anilines is 1. The zero-order valence-electron chi connectivity index (χ0n) is 11.5. The third kappa shape index (κ3) is 3.96. The number of carbonyl (C=O) groups excluding carboxylic acids is 1. The molecule has 0 aliphatic rings. The monoisotopic (exact) mass is 390 g/mol. The van der Waals surface area contributed by atoms with Gasteiger partial charge in [-0.15, -0.1) is 11.3 Å². The van der Waals surface area contributed by atoms with Gasteiger partial charge >= 0.3 is 0 Å². The van der Waals surface area contributed by atoms with Gasteiger partial charge in [-0.3, -0.25) is 4.79 Å². The molecule has 3 N–H and O–H groups in total. The molecule has 0 radical (unpaired) electrons. The normalized spacial score (nSPS) is 13.3. The molecule has 1 heterocycles. The van der Waals surface area contributed by atoms with E-state index in [-0.39, 0.29) is 11.7 Å². The van der Waals surface area contributed by atoms with Gasteiger partial charge in [-0.25, -0.2) is 8.42 Å². The summed E-state index contributed by atoms with van der Waals surface area (Å²) < 4.78 is 24.3. The number of nitrogen functional groups attached to an aromatic ring is 1. The molecule has 1 amide bonds. The van der Waals surface area contributed by atoms with Gasteiger partial charge in [-0.1, -0.05) is 22.0 Å². The fraction of sp³-hybridized carbons (Fsp3) is 0.308. The first kappa shape index (κ1) is 16.3. The number of nitrogens with two attached hydrogens (primary N) is 1. The van der Waals surface area contributed by atoms with Crippen molar-refractivity contribution < 1.29 is 13.2 Å². The first-order chi connectivity index (χ1) is 9.67. The van der Waals surface area contributed by atoms with Crippen LogP contribution in [0.2, 0.25) is 0 Å². The lowest BCUT2D eigenvalue weighted by Crippen LogP contribution is -2.37. The lowest BCUT2D eigenvalue weighted by molar-refractivity contribution is 0.0948. The molecule has 5 nitrogen and oxygen atoms in total. The van der Waals surface area contributed by atoms with Crippen molar-refractivity contribution in [3.8, 4) is 0 Å². The summed E-state index contributed by atoms with van der Waals surface area (Å²) in [7, 11) is -3.14. The van der Waals surface area contributed by atoms with Crippen molar-refractivity contribution in [1.82, 2.24) is 5.32 Å². The molecule has 0 saturated heterocycles. The third-order valence-corrected chi connectivity index (χ3v) is 5.59. The van der Waals surface area contributed by atoms with Gasteiger partial charge in [0.25, 0.3) is 5.91 Å². The van der Waals surface area contributed by atoms with Crippen molar-refractivity contribution in [3.63, 3.8) is 0 Å². The van der Waals surface area contributed by atoms with E-state index in [4.69, 9.17) is 5.73 Å². The Morgan fingerprint density at radius 1 is 1.48 bits per heavy atom. The number of fused-ring (bicyclic) bond motifs is 1. The molecule has 0 fully saturated rings. The van der Waals surface area contributed by atoms with E-state index in [2.05, 4.69) is 21.2 Å². The van der Waals surface area contributed by atoms with Crippen molar-refractivity contribution in [3.05, 3.63) is 27.5 Å². The Morgan fingerprint density at radius 3 is 2.76 bits per heavy atom. The Bertz CT molecular complexity index is 799. The van der Waals surface area contributed by atoms with Crippen LogP contribution in [-0.4, -0.2) is 32.4 Å². The number of hydrogen-bond donors (Lipinski definition) is 2. The summed E-state index contributed by atoms with van der Waals surface area (Å²) in [6.07, 6.45) is 1.14. The second kappa shape index (κ2) is 5.94. The molecule has 2 aromatic rings. The molecular formula is C13H15BrN2O3S2. The molecule has 1 aromatic heterocycles. The molecule has 114 valence electrons. The van der Waals surface area contributed by atoms with Crippen LogP contribution in [0.4, 0.5) is 5.69 Å². The van der Waals surface area contributed by atoms with E-state index in [9.17, 15) is 13.2 Å². The fourth-order valence-electron chi connectivity index (χ4n) is 2.04. The molecule has 1 aromatic carbocycles. The van der Waals surface area contributed by atoms with Crippen LogP contribution in [0.25, 0.3) is 10.1 Å². The standard InChI is InChI=1S/C13H15BrN2O3S2/c1-7(6-21(2,18)19)16-13(17)12-11(15)9-4-3-8(14)5-10(9)20-12/h3-5,7H,6,15H2,1-2H3,(H,16,17). The average Bonchev–Trinajstić information content (AvgIpc) is 2.63. The summed E-state index contributed by atoms with van der Waals surface area (Å²) in [5, 5.41) is 3.49. The molecule has 0 bridgehead atoms. The lowest BCUT2D eigenvalue weighted by atomic mass is 10.2. The van der Waals surface area contributed by atoms with Crippen LogP contribution in [0.5, 0.6) is 0 Å². The van der Waals surface area contributed by atoms with Crippen LogP contribution >= 0.6 is 27.3 Å². The van der Waals surface area contributed by atoms with Crippen molar-refractivity contribution in [2.24, 2.45) is 0 Å². The number of nitrogens with one attached hydrogen (secondary N) is 1. The van der Waals surface area contributed by atoms with Crippen molar-refractivity contribution in [1.29, 1.82) is 0 Å². The van der Waals surface area contributed by atoms with Gasteiger partial charge in [0.1, 0.15) is 14.7 Å². The second-order valence-electron chi connectivity index (χ2n) is 4.95. The third-order valence-electron chi connectivity index (χ3n) is 2.83. The minimum Gasteiger partial charge on any atom is -0.397 e. The Morgan fingerprint density at radius 2 is 2.14 bits per heavy atom. The van der Waals surface area contributed by atoms with Gasteiger partial charge in [-0.2, -0.15) is 0 Å². The average molecular weight is 391 g/mol. The molecule has 0 saturated carbocycles. The number of benzene rings is 1. The van der Waals surface area contributed by atoms with Crippen LogP contribution in [0.15, 0.2) is 22.7 Å². The maximum absolute atomic E-state index is 12.2. The summed E-state index contributed by atoms with van der Waals surface area (Å²) in [4.78, 5) is 12.6. The molecule has 0 aliphatic heterocycles. The largest absolute Gasteiger partial charge is 0.397 e. The van der Waals surface area contributed by atoms with E-state index in [1.807, 2.05) is 18.2 Å². The van der Waals surface area contributed by atoms with Crippen LogP contribution in [0, 0.1) is 0 Å². The summed E-state index contributed by atoms with van der Waals surface area (Å²) in [6.45, 7) is 1.65. The molecular weight excluding hydrogens is 376 g/mol. The van der Waals surface area contributed by atoms with E-state index >= 15 is 0 Å².